The third kappa shape index (κ3) is 4.37. The number of anilines is 2. The van der Waals surface area contributed by atoms with Crippen molar-refractivity contribution in [3.8, 4) is 17.2 Å². The number of nitrogens with one attached hydrogen (secondary N) is 2. The van der Waals surface area contributed by atoms with Crippen LogP contribution in [0.3, 0.4) is 0 Å². The maximum Gasteiger partial charge on any atom is 0.228 e. The average Bonchev–Trinajstić information content (AvgIpc) is 3.62. The van der Waals surface area contributed by atoms with Crippen molar-refractivity contribution in [3.05, 3.63) is 75.9 Å². The lowest BCUT2D eigenvalue weighted by atomic mass is 9.99. The second kappa shape index (κ2) is 8.68. The predicted molar refractivity (Wildman–Crippen MR) is 122 cm³/mol. The lowest BCUT2D eigenvalue weighted by molar-refractivity contribution is -0.117. The zero-order chi connectivity index (χ0) is 21.1. The van der Waals surface area contributed by atoms with Gasteiger partial charge in [-0.3, -0.25) is 4.79 Å². The molecule has 150 valence electrons. The third-order valence-electron chi connectivity index (χ3n) is 5.25. The molecule has 0 bridgehead atoms. The first-order chi connectivity index (χ1) is 14.6. The molecule has 1 heterocycles. The van der Waals surface area contributed by atoms with Gasteiger partial charge in [-0.05, 0) is 64.0 Å². The number of hydrogen-bond acceptors (Lipinski definition) is 4. The molecule has 1 amide bonds. The van der Waals surface area contributed by atoms with Gasteiger partial charge in [-0.15, -0.1) is 0 Å². The number of halogens is 1. The second-order valence-electron chi connectivity index (χ2n) is 7.43. The van der Waals surface area contributed by atoms with Gasteiger partial charge in [0.05, 0.1) is 17.3 Å². The summed E-state index contributed by atoms with van der Waals surface area (Å²) in [5.41, 5.74) is 5.50. The Morgan fingerprint density at radius 2 is 1.93 bits per heavy atom. The second-order valence-corrected chi connectivity index (χ2v) is 8.28. The van der Waals surface area contributed by atoms with E-state index in [4.69, 9.17) is 0 Å². The van der Waals surface area contributed by atoms with E-state index in [1.165, 1.54) is 0 Å². The van der Waals surface area contributed by atoms with Crippen molar-refractivity contribution in [2.24, 2.45) is 5.92 Å². The molecule has 3 aromatic rings. The maximum atomic E-state index is 12.2. The molecule has 1 aromatic heterocycles. The topological polar surface area (TPSA) is 77.8 Å². The number of hydrogen-bond donors (Lipinski definition) is 2. The van der Waals surface area contributed by atoms with Crippen molar-refractivity contribution in [2.75, 3.05) is 10.6 Å². The van der Waals surface area contributed by atoms with Crippen LogP contribution in [0.2, 0.25) is 0 Å². The van der Waals surface area contributed by atoms with E-state index in [-0.39, 0.29) is 11.8 Å². The smallest absolute Gasteiger partial charge is 0.228 e. The summed E-state index contributed by atoms with van der Waals surface area (Å²) < 4.78 is 0.887. The van der Waals surface area contributed by atoms with Gasteiger partial charge in [-0.2, -0.15) is 5.26 Å². The summed E-state index contributed by atoms with van der Waals surface area (Å²) in [5.74, 6) is 0.715. The molecule has 4 rings (SSSR count). The molecule has 0 radical (unpaired) electrons. The van der Waals surface area contributed by atoms with Crippen LogP contribution in [-0.2, 0) is 11.3 Å². The van der Waals surface area contributed by atoms with E-state index in [1.54, 1.807) is 6.20 Å². The highest BCUT2D eigenvalue weighted by Gasteiger charge is 2.30. The van der Waals surface area contributed by atoms with E-state index < -0.39 is 0 Å². The van der Waals surface area contributed by atoms with Crippen LogP contribution in [0, 0.1) is 24.2 Å². The highest BCUT2D eigenvalue weighted by Crippen LogP contribution is 2.34. The number of nitriles is 1. The SMILES string of the molecule is Cc1c(Br)cnc(NC(=O)C2CC2)c1NCc1ccc(-c2ccccc2C#N)cc1. The number of nitrogens with zero attached hydrogens (tertiary/aromatic N) is 2. The number of carbonyl (C=O) groups excluding carboxylic acids is 1. The number of benzene rings is 2. The fraction of sp³-hybridized carbons (Fsp3) is 0.208. The van der Waals surface area contributed by atoms with Crippen molar-refractivity contribution in [2.45, 2.75) is 26.3 Å². The summed E-state index contributed by atoms with van der Waals surface area (Å²) in [6, 6.07) is 18.0. The van der Waals surface area contributed by atoms with E-state index >= 15 is 0 Å². The highest BCUT2D eigenvalue weighted by atomic mass is 79.9. The van der Waals surface area contributed by atoms with Crippen molar-refractivity contribution < 1.29 is 4.79 Å². The number of aromatic nitrogens is 1. The van der Waals surface area contributed by atoms with E-state index in [1.807, 2.05) is 55.5 Å². The van der Waals surface area contributed by atoms with Crippen LogP contribution in [-0.4, -0.2) is 10.9 Å². The van der Waals surface area contributed by atoms with E-state index in [0.29, 0.717) is 17.9 Å². The van der Waals surface area contributed by atoms with Gasteiger partial charge in [-0.25, -0.2) is 4.98 Å². The first kappa shape index (κ1) is 20.1. The lowest BCUT2D eigenvalue weighted by Gasteiger charge is -2.16. The Labute approximate surface area is 184 Å². The van der Waals surface area contributed by atoms with Crippen molar-refractivity contribution in [3.63, 3.8) is 0 Å². The molecule has 1 aliphatic carbocycles. The van der Waals surface area contributed by atoms with Crippen LogP contribution in [0.25, 0.3) is 11.1 Å². The number of amides is 1. The van der Waals surface area contributed by atoms with Gasteiger partial charge in [0.25, 0.3) is 0 Å². The largest absolute Gasteiger partial charge is 0.378 e. The minimum atomic E-state index is 0.0350. The zero-order valence-electron chi connectivity index (χ0n) is 16.6. The highest BCUT2D eigenvalue weighted by molar-refractivity contribution is 9.10. The summed E-state index contributed by atoms with van der Waals surface area (Å²) in [7, 11) is 0. The van der Waals surface area contributed by atoms with Gasteiger partial charge >= 0.3 is 0 Å². The van der Waals surface area contributed by atoms with E-state index in [2.05, 4.69) is 37.6 Å². The van der Waals surface area contributed by atoms with Crippen LogP contribution < -0.4 is 10.6 Å². The molecule has 6 heteroatoms. The molecule has 30 heavy (non-hydrogen) atoms. The summed E-state index contributed by atoms with van der Waals surface area (Å²) in [6.45, 7) is 2.58. The molecule has 0 spiro atoms. The Bertz CT molecular complexity index is 1130. The van der Waals surface area contributed by atoms with Crippen LogP contribution in [0.5, 0.6) is 0 Å². The zero-order valence-corrected chi connectivity index (χ0v) is 18.2. The summed E-state index contributed by atoms with van der Waals surface area (Å²) in [6.07, 6.45) is 3.61. The molecule has 1 saturated carbocycles. The average molecular weight is 461 g/mol. The van der Waals surface area contributed by atoms with Gasteiger partial charge in [-0.1, -0.05) is 42.5 Å². The summed E-state index contributed by atoms with van der Waals surface area (Å²) >= 11 is 3.52. The Balaban J connectivity index is 1.51. The number of rotatable bonds is 6. The summed E-state index contributed by atoms with van der Waals surface area (Å²) in [4.78, 5) is 16.6. The first-order valence-corrected chi connectivity index (χ1v) is 10.6. The van der Waals surface area contributed by atoms with Crippen LogP contribution in [0.1, 0.15) is 29.5 Å². The van der Waals surface area contributed by atoms with Gasteiger partial charge < -0.3 is 10.6 Å². The van der Waals surface area contributed by atoms with Crippen molar-refractivity contribution in [1.82, 2.24) is 4.98 Å². The molecule has 5 nitrogen and oxygen atoms in total. The lowest BCUT2D eigenvalue weighted by Crippen LogP contribution is -2.17. The molecule has 1 fully saturated rings. The fourth-order valence-corrected chi connectivity index (χ4v) is 3.58. The Hall–Kier alpha value is -3.17. The van der Waals surface area contributed by atoms with E-state index in [0.717, 1.165) is 45.3 Å². The predicted octanol–water partition coefficient (Wildman–Crippen LogP) is 5.65. The van der Waals surface area contributed by atoms with Crippen LogP contribution in [0.15, 0.2) is 59.2 Å². The molecule has 0 aliphatic heterocycles. The number of pyridine rings is 1. The van der Waals surface area contributed by atoms with Crippen molar-refractivity contribution in [1.29, 1.82) is 5.26 Å². The molecular weight excluding hydrogens is 440 g/mol. The molecule has 0 atom stereocenters. The molecular formula is C24H21BrN4O. The fourth-order valence-electron chi connectivity index (χ4n) is 3.28. The molecule has 0 unspecified atom stereocenters. The van der Waals surface area contributed by atoms with E-state index in [9.17, 15) is 10.1 Å². The monoisotopic (exact) mass is 460 g/mol. The molecule has 1 aliphatic rings. The van der Waals surface area contributed by atoms with Crippen molar-refractivity contribution >= 4 is 33.3 Å². The minimum absolute atomic E-state index is 0.0350. The normalized spacial score (nSPS) is 12.8. The van der Waals surface area contributed by atoms with Gasteiger partial charge in [0.2, 0.25) is 5.91 Å². The van der Waals surface area contributed by atoms with Gasteiger partial charge in [0, 0.05) is 23.1 Å². The quantitative estimate of drug-likeness (QED) is 0.497. The van der Waals surface area contributed by atoms with Gasteiger partial charge in [0.15, 0.2) is 5.82 Å². The maximum absolute atomic E-state index is 12.2. The third-order valence-corrected chi connectivity index (χ3v) is 6.05. The summed E-state index contributed by atoms with van der Waals surface area (Å²) in [5, 5.41) is 15.7. The molecule has 2 aromatic carbocycles. The Kier molecular flexibility index (Phi) is 5.82. The standard InChI is InChI=1S/C24H21BrN4O/c1-15-21(25)14-28-23(29-24(30)18-10-11-18)22(15)27-13-16-6-8-17(9-7-16)20-5-3-2-4-19(20)12-26/h2-9,14,18,27H,10-11,13H2,1H3,(H,28,29,30). The molecule has 0 saturated heterocycles. The van der Waals surface area contributed by atoms with Crippen LogP contribution in [0.4, 0.5) is 11.5 Å². The first-order valence-electron chi connectivity index (χ1n) is 9.85. The Morgan fingerprint density at radius 3 is 2.63 bits per heavy atom. The Morgan fingerprint density at radius 1 is 1.20 bits per heavy atom. The van der Waals surface area contributed by atoms with Crippen LogP contribution >= 0.6 is 15.9 Å². The minimum Gasteiger partial charge on any atom is -0.378 e. The molecule has 2 N–H and O–H groups in total. The van der Waals surface area contributed by atoms with Gasteiger partial charge in [0.1, 0.15) is 0 Å². The number of carbonyl (C=O) groups is 1.